The van der Waals surface area contributed by atoms with E-state index < -0.39 is 0 Å². The third kappa shape index (κ3) is 11.3. The van der Waals surface area contributed by atoms with Crippen molar-refractivity contribution >= 4 is 5.91 Å². The highest BCUT2D eigenvalue weighted by Gasteiger charge is 2.12. The first-order valence-electron chi connectivity index (χ1n) is 5.36. The first-order valence-corrected chi connectivity index (χ1v) is 5.36. The highest BCUT2D eigenvalue weighted by molar-refractivity contribution is 5.77. The van der Waals surface area contributed by atoms with Crippen LogP contribution in [0.4, 0.5) is 0 Å². The van der Waals surface area contributed by atoms with Gasteiger partial charge in [0.2, 0.25) is 5.91 Å². The summed E-state index contributed by atoms with van der Waals surface area (Å²) in [4.78, 5) is 13.4. The van der Waals surface area contributed by atoms with Crippen molar-refractivity contribution in [2.75, 3.05) is 33.8 Å². The number of ether oxygens (including phenoxy) is 1. The largest absolute Gasteiger partial charge is 0.366 e. The molecule has 0 unspecified atom stereocenters. The van der Waals surface area contributed by atoms with E-state index in [1.165, 1.54) is 0 Å². The Labute approximate surface area is 93.0 Å². The molecule has 0 saturated carbocycles. The molecule has 1 N–H and O–H groups in total. The molecule has 0 atom stereocenters. The Kier molecular flexibility index (Phi) is 6.52. The monoisotopic (exact) mass is 216 g/mol. The quantitative estimate of drug-likeness (QED) is 0.670. The van der Waals surface area contributed by atoms with Crippen molar-refractivity contribution < 1.29 is 9.53 Å². The van der Waals surface area contributed by atoms with Gasteiger partial charge in [0.1, 0.15) is 6.61 Å². The van der Waals surface area contributed by atoms with Gasteiger partial charge in [0.05, 0.1) is 5.60 Å². The fourth-order valence-electron chi connectivity index (χ4n) is 0.956. The van der Waals surface area contributed by atoms with Crippen LogP contribution in [-0.4, -0.2) is 50.2 Å². The van der Waals surface area contributed by atoms with Crippen molar-refractivity contribution in [2.24, 2.45) is 0 Å². The van der Waals surface area contributed by atoms with Crippen molar-refractivity contribution in [3.8, 4) is 0 Å². The molecule has 0 bridgehead atoms. The van der Waals surface area contributed by atoms with Gasteiger partial charge in [-0.15, -0.1) is 0 Å². The summed E-state index contributed by atoms with van der Waals surface area (Å²) in [6.45, 7) is 7.65. The van der Waals surface area contributed by atoms with Crippen LogP contribution in [0.25, 0.3) is 0 Å². The lowest BCUT2D eigenvalue weighted by atomic mass is 10.2. The molecule has 0 aromatic rings. The van der Waals surface area contributed by atoms with E-state index in [0.717, 1.165) is 13.0 Å². The van der Waals surface area contributed by atoms with Gasteiger partial charge in [0.15, 0.2) is 0 Å². The zero-order valence-electron chi connectivity index (χ0n) is 10.6. The van der Waals surface area contributed by atoms with Crippen LogP contribution < -0.4 is 5.32 Å². The normalized spacial score (nSPS) is 11.9. The van der Waals surface area contributed by atoms with Gasteiger partial charge in [-0.1, -0.05) is 0 Å². The number of rotatable bonds is 6. The maximum atomic E-state index is 11.3. The molecule has 0 aromatic carbocycles. The zero-order chi connectivity index (χ0) is 11.9. The van der Waals surface area contributed by atoms with E-state index in [1.54, 1.807) is 0 Å². The minimum Gasteiger partial charge on any atom is -0.366 e. The van der Waals surface area contributed by atoms with Crippen LogP contribution in [0.2, 0.25) is 0 Å². The lowest BCUT2D eigenvalue weighted by molar-refractivity contribution is -0.130. The molecule has 0 rings (SSSR count). The molecule has 4 nitrogen and oxygen atoms in total. The Bertz CT molecular complexity index is 186. The smallest absolute Gasteiger partial charge is 0.246 e. The summed E-state index contributed by atoms with van der Waals surface area (Å²) in [5.41, 5.74) is -0.249. The number of carbonyl (C=O) groups is 1. The third-order valence-corrected chi connectivity index (χ3v) is 1.74. The molecule has 0 aromatic heterocycles. The minimum atomic E-state index is -0.249. The topological polar surface area (TPSA) is 41.6 Å². The van der Waals surface area contributed by atoms with E-state index in [2.05, 4.69) is 10.2 Å². The van der Waals surface area contributed by atoms with E-state index in [-0.39, 0.29) is 18.1 Å². The highest BCUT2D eigenvalue weighted by atomic mass is 16.5. The fourth-order valence-corrected chi connectivity index (χ4v) is 0.956. The first-order chi connectivity index (χ1) is 6.81. The molecule has 0 spiro atoms. The Balaban J connectivity index is 3.42. The van der Waals surface area contributed by atoms with E-state index in [4.69, 9.17) is 4.74 Å². The van der Waals surface area contributed by atoms with Crippen molar-refractivity contribution in [1.29, 1.82) is 0 Å². The van der Waals surface area contributed by atoms with Gasteiger partial charge < -0.3 is 15.0 Å². The minimum absolute atomic E-state index is 0.0383. The third-order valence-electron chi connectivity index (χ3n) is 1.74. The summed E-state index contributed by atoms with van der Waals surface area (Å²) in [6.07, 6.45) is 0.967. The molecule has 4 heteroatoms. The number of nitrogens with one attached hydrogen (secondary N) is 1. The van der Waals surface area contributed by atoms with Gasteiger partial charge in [-0.2, -0.15) is 0 Å². The summed E-state index contributed by atoms with van der Waals surface area (Å²) >= 11 is 0. The summed E-state index contributed by atoms with van der Waals surface area (Å²) in [6, 6.07) is 0. The van der Waals surface area contributed by atoms with Crippen molar-refractivity contribution in [3.63, 3.8) is 0 Å². The molecule has 0 radical (unpaired) electrons. The van der Waals surface area contributed by atoms with Crippen LogP contribution in [0, 0.1) is 0 Å². The summed E-state index contributed by atoms with van der Waals surface area (Å²) in [5.74, 6) is -0.0383. The van der Waals surface area contributed by atoms with E-state index in [9.17, 15) is 4.79 Å². The summed E-state index contributed by atoms with van der Waals surface area (Å²) in [5, 5.41) is 2.82. The van der Waals surface area contributed by atoms with Crippen molar-refractivity contribution in [2.45, 2.75) is 32.8 Å². The molecular weight excluding hydrogens is 192 g/mol. The van der Waals surface area contributed by atoms with Crippen LogP contribution in [-0.2, 0) is 9.53 Å². The van der Waals surface area contributed by atoms with Gasteiger partial charge in [0.25, 0.3) is 0 Å². The molecular formula is C11H24N2O2. The predicted octanol–water partition coefficient (Wildman–Crippen LogP) is 0.869. The van der Waals surface area contributed by atoms with Crippen LogP contribution in [0.1, 0.15) is 27.2 Å². The van der Waals surface area contributed by atoms with Crippen LogP contribution in [0.5, 0.6) is 0 Å². The average Bonchev–Trinajstić information content (AvgIpc) is 2.07. The number of nitrogens with zero attached hydrogens (tertiary/aromatic N) is 1. The number of amides is 1. The molecule has 15 heavy (non-hydrogen) atoms. The molecule has 0 aliphatic carbocycles. The van der Waals surface area contributed by atoms with Crippen LogP contribution >= 0.6 is 0 Å². The lowest BCUT2D eigenvalue weighted by Gasteiger charge is -2.19. The maximum absolute atomic E-state index is 11.3. The fraction of sp³-hybridized carbons (Fsp3) is 0.909. The van der Waals surface area contributed by atoms with E-state index in [0.29, 0.717) is 6.54 Å². The lowest BCUT2D eigenvalue weighted by Crippen LogP contribution is -2.33. The Morgan fingerprint density at radius 1 is 1.33 bits per heavy atom. The second-order valence-electron chi connectivity index (χ2n) is 4.91. The van der Waals surface area contributed by atoms with Crippen molar-refractivity contribution in [3.05, 3.63) is 0 Å². The SMILES string of the molecule is CN(C)CCCNC(=O)COC(C)(C)C. The highest BCUT2D eigenvalue weighted by Crippen LogP contribution is 2.05. The predicted molar refractivity (Wildman–Crippen MR) is 61.9 cm³/mol. The molecule has 0 heterocycles. The van der Waals surface area contributed by atoms with Gasteiger partial charge in [-0.05, 0) is 47.8 Å². The van der Waals surface area contributed by atoms with Gasteiger partial charge in [-0.25, -0.2) is 0 Å². The molecule has 0 fully saturated rings. The number of hydrogen-bond acceptors (Lipinski definition) is 3. The number of hydrogen-bond donors (Lipinski definition) is 1. The second kappa shape index (κ2) is 6.80. The van der Waals surface area contributed by atoms with Gasteiger partial charge in [-0.3, -0.25) is 4.79 Å². The Morgan fingerprint density at radius 2 is 1.93 bits per heavy atom. The van der Waals surface area contributed by atoms with Crippen LogP contribution in [0.15, 0.2) is 0 Å². The second-order valence-corrected chi connectivity index (χ2v) is 4.91. The van der Waals surface area contributed by atoms with Gasteiger partial charge >= 0.3 is 0 Å². The molecule has 90 valence electrons. The zero-order valence-corrected chi connectivity index (χ0v) is 10.6. The Morgan fingerprint density at radius 3 is 2.40 bits per heavy atom. The van der Waals surface area contributed by atoms with Gasteiger partial charge in [0, 0.05) is 6.54 Å². The Hall–Kier alpha value is -0.610. The molecule has 0 saturated heterocycles. The molecule has 0 aliphatic heterocycles. The van der Waals surface area contributed by atoms with E-state index in [1.807, 2.05) is 34.9 Å². The standard InChI is InChI=1S/C11H24N2O2/c1-11(2,3)15-9-10(14)12-7-6-8-13(4)5/h6-9H2,1-5H3,(H,12,14). The molecule has 0 aliphatic rings. The van der Waals surface area contributed by atoms with E-state index >= 15 is 0 Å². The maximum Gasteiger partial charge on any atom is 0.246 e. The summed E-state index contributed by atoms with van der Waals surface area (Å²) in [7, 11) is 4.04. The average molecular weight is 216 g/mol. The first kappa shape index (κ1) is 14.4. The van der Waals surface area contributed by atoms with Crippen molar-refractivity contribution in [1.82, 2.24) is 10.2 Å². The van der Waals surface area contributed by atoms with Crippen LogP contribution in [0.3, 0.4) is 0 Å². The summed E-state index contributed by atoms with van der Waals surface area (Å²) < 4.78 is 5.35. The number of carbonyl (C=O) groups excluding carboxylic acids is 1. The molecule has 1 amide bonds.